The monoisotopic (exact) mass is 227 g/mol. The number of amides is 1. The molecule has 1 amide bonds. The third-order valence-corrected chi connectivity index (χ3v) is 2.49. The zero-order valence-corrected chi connectivity index (χ0v) is 10.4. The van der Waals surface area contributed by atoms with E-state index < -0.39 is 0 Å². The topological polar surface area (TPSA) is 46.6 Å². The largest absolute Gasteiger partial charge is 0.456 e. The molecule has 1 heterocycles. The Kier molecular flexibility index (Phi) is 4.33. The van der Waals surface area contributed by atoms with E-state index in [2.05, 4.69) is 0 Å². The van der Waals surface area contributed by atoms with Crippen LogP contribution in [-0.2, 0) is 14.3 Å². The Balaban J connectivity index is 2.23. The zero-order chi connectivity index (χ0) is 12.2. The predicted octanol–water partition coefficient (Wildman–Crippen LogP) is 1.59. The Morgan fingerprint density at radius 2 is 1.75 bits per heavy atom. The molecule has 1 rings (SSSR count). The summed E-state index contributed by atoms with van der Waals surface area (Å²) in [4.78, 5) is 24.7. The van der Waals surface area contributed by atoms with Crippen LogP contribution in [0.3, 0.4) is 0 Å². The number of carbonyl (C=O) groups excluding carboxylic acids is 2. The fourth-order valence-corrected chi connectivity index (χ4v) is 1.68. The summed E-state index contributed by atoms with van der Waals surface area (Å²) in [5.41, 5.74) is -0.0895. The summed E-state index contributed by atoms with van der Waals surface area (Å²) >= 11 is 0. The van der Waals surface area contributed by atoms with Gasteiger partial charge in [-0.2, -0.15) is 0 Å². The second-order valence-electron chi connectivity index (χ2n) is 5.49. The van der Waals surface area contributed by atoms with Crippen LogP contribution in [0.4, 0.5) is 0 Å². The molecule has 0 aromatic carbocycles. The highest BCUT2D eigenvalue weighted by atomic mass is 16.5. The van der Waals surface area contributed by atoms with Crippen molar-refractivity contribution in [2.24, 2.45) is 5.41 Å². The normalized spacial score (nSPS) is 16.3. The molecule has 0 unspecified atom stereocenters. The van der Waals surface area contributed by atoms with Gasteiger partial charge in [-0.25, -0.2) is 0 Å². The third-order valence-electron chi connectivity index (χ3n) is 2.49. The molecule has 1 aliphatic rings. The lowest BCUT2D eigenvalue weighted by atomic mass is 9.92. The lowest BCUT2D eigenvalue weighted by Crippen LogP contribution is -2.32. The summed E-state index contributed by atoms with van der Waals surface area (Å²) in [7, 11) is 0. The molecule has 4 heteroatoms. The van der Waals surface area contributed by atoms with E-state index in [1.165, 1.54) is 0 Å². The zero-order valence-electron chi connectivity index (χ0n) is 10.4. The van der Waals surface area contributed by atoms with Crippen LogP contribution in [0.25, 0.3) is 0 Å². The van der Waals surface area contributed by atoms with E-state index in [4.69, 9.17) is 4.74 Å². The molecule has 92 valence electrons. The van der Waals surface area contributed by atoms with Gasteiger partial charge in [-0.15, -0.1) is 0 Å². The van der Waals surface area contributed by atoms with E-state index in [0.717, 1.165) is 25.9 Å². The van der Waals surface area contributed by atoms with Crippen LogP contribution in [0, 0.1) is 5.41 Å². The molecule has 0 spiro atoms. The molecule has 0 atom stereocenters. The summed E-state index contributed by atoms with van der Waals surface area (Å²) in [5.74, 6) is -0.361. The molecule has 0 aromatic rings. The van der Waals surface area contributed by atoms with Gasteiger partial charge in [-0.05, 0) is 18.3 Å². The Morgan fingerprint density at radius 3 is 2.25 bits per heavy atom. The fourth-order valence-electron chi connectivity index (χ4n) is 1.68. The molecular weight excluding hydrogens is 206 g/mol. The molecule has 0 radical (unpaired) electrons. The van der Waals surface area contributed by atoms with Crippen molar-refractivity contribution in [3.8, 4) is 0 Å². The molecule has 0 N–H and O–H groups in total. The van der Waals surface area contributed by atoms with Crippen LogP contribution in [0.1, 0.15) is 40.0 Å². The van der Waals surface area contributed by atoms with Gasteiger partial charge in [0.1, 0.15) is 0 Å². The van der Waals surface area contributed by atoms with Crippen molar-refractivity contribution in [3.05, 3.63) is 0 Å². The van der Waals surface area contributed by atoms with Crippen LogP contribution in [-0.4, -0.2) is 36.5 Å². The number of carbonyl (C=O) groups is 2. The van der Waals surface area contributed by atoms with Gasteiger partial charge in [0.15, 0.2) is 6.61 Å². The molecular formula is C12H21NO3. The minimum Gasteiger partial charge on any atom is -0.456 e. The van der Waals surface area contributed by atoms with Gasteiger partial charge >= 0.3 is 5.97 Å². The van der Waals surface area contributed by atoms with E-state index >= 15 is 0 Å². The second-order valence-corrected chi connectivity index (χ2v) is 5.49. The van der Waals surface area contributed by atoms with Gasteiger partial charge in [0.25, 0.3) is 5.91 Å². The highest BCUT2D eigenvalue weighted by Crippen LogP contribution is 2.18. The Hall–Kier alpha value is -1.06. The Bertz CT molecular complexity index is 262. The van der Waals surface area contributed by atoms with E-state index in [0.29, 0.717) is 6.42 Å². The smallest absolute Gasteiger partial charge is 0.306 e. The van der Waals surface area contributed by atoms with Crippen LogP contribution in [0.5, 0.6) is 0 Å². The van der Waals surface area contributed by atoms with Gasteiger partial charge in [0.2, 0.25) is 0 Å². The van der Waals surface area contributed by atoms with Gasteiger partial charge in [0.05, 0.1) is 6.42 Å². The number of esters is 1. The summed E-state index contributed by atoms with van der Waals surface area (Å²) in [6.07, 6.45) is 2.46. The Morgan fingerprint density at radius 1 is 1.19 bits per heavy atom. The minimum atomic E-state index is -0.292. The maximum atomic E-state index is 11.6. The van der Waals surface area contributed by atoms with Gasteiger partial charge in [-0.1, -0.05) is 20.8 Å². The number of nitrogens with zero attached hydrogens (tertiary/aromatic N) is 1. The van der Waals surface area contributed by atoms with E-state index in [9.17, 15) is 9.59 Å². The SMILES string of the molecule is CC(C)(C)CC(=O)OCC(=O)N1CCCC1. The number of rotatable bonds is 3. The minimum absolute atomic E-state index is 0.0697. The number of likely N-dealkylation sites (tertiary alicyclic amines) is 1. The van der Waals surface area contributed by atoms with Crippen molar-refractivity contribution in [1.82, 2.24) is 4.90 Å². The number of hydrogen-bond acceptors (Lipinski definition) is 3. The number of ether oxygens (including phenoxy) is 1. The van der Waals surface area contributed by atoms with Crippen molar-refractivity contribution in [3.63, 3.8) is 0 Å². The quantitative estimate of drug-likeness (QED) is 0.688. The summed E-state index contributed by atoms with van der Waals surface area (Å²) in [6, 6.07) is 0. The molecule has 0 bridgehead atoms. The van der Waals surface area contributed by atoms with E-state index in [1.807, 2.05) is 20.8 Å². The molecule has 16 heavy (non-hydrogen) atoms. The van der Waals surface area contributed by atoms with Crippen LogP contribution in [0.2, 0.25) is 0 Å². The molecule has 1 fully saturated rings. The van der Waals surface area contributed by atoms with Gasteiger partial charge in [0, 0.05) is 13.1 Å². The third kappa shape index (κ3) is 4.64. The van der Waals surface area contributed by atoms with Crippen LogP contribution < -0.4 is 0 Å². The highest BCUT2D eigenvalue weighted by Gasteiger charge is 2.21. The van der Waals surface area contributed by atoms with Crippen molar-refractivity contribution in [2.75, 3.05) is 19.7 Å². The summed E-state index contributed by atoms with van der Waals surface area (Å²) < 4.78 is 4.96. The lowest BCUT2D eigenvalue weighted by molar-refractivity contribution is -0.153. The van der Waals surface area contributed by atoms with Crippen LogP contribution >= 0.6 is 0 Å². The van der Waals surface area contributed by atoms with E-state index in [-0.39, 0.29) is 23.9 Å². The van der Waals surface area contributed by atoms with Gasteiger partial charge < -0.3 is 9.64 Å². The van der Waals surface area contributed by atoms with Crippen molar-refractivity contribution in [1.29, 1.82) is 0 Å². The highest BCUT2D eigenvalue weighted by molar-refractivity contribution is 5.80. The maximum Gasteiger partial charge on any atom is 0.306 e. The van der Waals surface area contributed by atoms with Crippen molar-refractivity contribution >= 4 is 11.9 Å². The first-order valence-corrected chi connectivity index (χ1v) is 5.82. The molecule has 1 saturated heterocycles. The first-order chi connectivity index (χ1) is 7.38. The molecule has 1 aliphatic heterocycles. The number of hydrogen-bond donors (Lipinski definition) is 0. The fraction of sp³-hybridized carbons (Fsp3) is 0.833. The molecule has 4 nitrogen and oxygen atoms in total. The average molecular weight is 227 g/mol. The molecule has 0 saturated carbocycles. The standard InChI is InChI=1S/C12H21NO3/c1-12(2,3)8-11(15)16-9-10(14)13-6-4-5-7-13/h4-9H2,1-3H3. The van der Waals surface area contributed by atoms with Crippen molar-refractivity contribution < 1.29 is 14.3 Å². The maximum absolute atomic E-state index is 11.6. The summed E-state index contributed by atoms with van der Waals surface area (Å²) in [6.45, 7) is 7.41. The first kappa shape index (κ1) is 13.0. The summed E-state index contributed by atoms with van der Waals surface area (Å²) in [5, 5.41) is 0. The predicted molar refractivity (Wildman–Crippen MR) is 60.8 cm³/mol. The van der Waals surface area contributed by atoms with E-state index in [1.54, 1.807) is 4.90 Å². The molecule has 0 aromatic heterocycles. The lowest BCUT2D eigenvalue weighted by Gasteiger charge is -2.18. The van der Waals surface area contributed by atoms with Crippen molar-refractivity contribution in [2.45, 2.75) is 40.0 Å². The first-order valence-electron chi connectivity index (χ1n) is 5.82. The Labute approximate surface area is 96.9 Å². The molecule has 0 aliphatic carbocycles. The van der Waals surface area contributed by atoms with Gasteiger partial charge in [-0.3, -0.25) is 9.59 Å². The van der Waals surface area contributed by atoms with Crippen LogP contribution in [0.15, 0.2) is 0 Å². The second kappa shape index (κ2) is 5.32. The average Bonchev–Trinajstić information content (AvgIpc) is 2.64.